The van der Waals surface area contributed by atoms with Crippen molar-refractivity contribution in [1.82, 2.24) is 0 Å². The fourth-order valence-corrected chi connectivity index (χ4v) is 8.26. The number of hydrogen-bond acceptors (Lipinski definition) is 0. The molecule has 0 unspecified atom stereocenters. The molecule has 1 heterocycles. The van der Waals surface area contributed by atoms with Crippen molar-refractivity contribution < 1.29 is 0 Å². The molecule has 0 aliphatic carbocycles. The first-order chi connectivity index (χ1) is 8.90. The summed E-state index contributed by atoms with van der Waals surface area (Å²) in [6.07, 6.45) is 3.95. The second-order valence-corrected chi connectivity index (χ2v) is 10.1. The number of unbranched alkanes of at least 4 members (excludes halogenated alkanes) is 1. The van der Waals surface area contributed by atoms with Crippen LogP contribution in [0.5, 0.6) is 0 Å². The van der Waals surface area contributed by atoms with Gasteiger partial charge in [0, 0.05) is 0 Å². The summed E-state index contributed by atoms with van der Waals surface area (Å²) in [7, 11) is 0. The Labute approximate surface area is 123 Å². The average molecular weight is 368 g/mol. The van der Waals surface area contributed by atoms with E-state index in [-0.39, 0.29) is 0 Å². The average Bonchev–Trinajstić information content (AvgIpc) is 2.86. The maximum absolute atomic E-state index is 3.44. The summed E-state index contributed by atoms with van der Waals surface area (Å²) in [6, 6.07) is 10.3. The molecule has 0 amide bonds. The molecule has 2 rings (SSSR count). The van der Waals surface area contributed by atoms with Gasteiger partial charge >= 0.3 is 123 Å². The van der Waals surface area contributed by atoms with Crippen molar-refractivity contribution in [3.8, 4) is 11.8 Å². The monoisotopic (exact) mass is 370 g/mol. The summed E-state index contributed by atoms with van der Waals surface area (Å²) in [5, 5.41) is 2.80. The molecule has 0 bridgehead atoms. The van der Waals surface area contributed by atoms with E-state index in [9.17, 15) is 0 Å². The zero-order valence-corrected chi connectivity index (χ0v) is 14.2. The van der Waals surface area contributed by atoms with E-state index >= 15 is 0 Å². The number of rotatable bonds is 4. The van der Waals surface area contributed by atoms with Crippen molar-refractivity contribution in [3.05, 3.63) is 44.8 Å². The van der Waals surface area contributed by atoms with Crippen LogP contribution in [0.15, 0.2) is 39.3 Å². The van der Waals surface area contributed by atoms with E-state index in [1.165, 1.54) is 35.5 Å². The van der Waals surface area contributed by atoms with Crippen LogP contribution in [0.25, 0.3) is 0 Å². The minimum absolute atomic E-state index is 0.729. The Morgan fingerprint density at radius 1 is 1.22 bits per heavy atom. The maximum atomic E-state index is 3.44. The van der Waals surface area contributed by atoms with Gasteiger partial charge < -0.3 is 0 Å². The van der Waals surface area contributed by atoms with Crippen LogP contribution in [0.3, 0.4) is 0 Å². The molecule has 0 saturated carbocycles. The first kappa shape index (κ1) is 14.0. The minimum atomic E-state index is 0.729. The molecule has 0 nitrogen and oxygen atoms in total. The van der Waals surface area contributed by atoms with Gasteiger partial charge in [0.25, 0.3) is 0 Å². The third-order valence-electron chi connectivity index (χ3n) is 2.69. The van der Waals surface area contributed by atoms with Gasteiger partial charge in [0.1, 0.15) is 0 Å². The third-order valence-corrected chi connectivity index (χ3v) is 9.29. The number of allylic oxidation sites excluding steroid dienone is 1. The molecule has 1 aliphatic heterocycles. The van der Waals surface area contributed by atoms with Crippen LogP contribution in [0.1, 0.15) is 31.7 Å². The van der Waals surface area contributed by atoms with Gasteiger partial charge in [-0.25, -0.2) is 0 Å². The molecule has 0 spiro atoms. The van der Waals surface area contributed by atoms with Crippen molar-refractivity contribution in [1.29, 1.82) is 0 Å². The predicted molar refractivity (Wildman–Crippen MR) is 81.0 cm³/mol. The standard InChI is InChI=1S/C16H18Se2/c1-2-3-12-17-16-15(11-13-18-16)10-9-14-7-5-4-6-8-14/h4-8H,2-3,11-13H2,1H3. The summed E-state index contributed by atoms with van der Waals surface area (Å²) in [5.41, 5.74) is 2.62. The summed E-state index contributed by atoms with van der Waals surface area (Å²) in [5.74, 6) is 6.75. The van der Waals surface area contributed by atoms with Crippen molar-refractivity contribution in [2.24, 2.45) is 0 Å². The van der Waals surface area contributed by atoms with E-state index in [1.807, 2.05) is 6.07 Å². The van der Waals surface area contributed by atoms with Crippen molar-refractivity contribution in [2.75, 3.05) is 0 Å². The van der Waals surface area contributed by atoms with Crippen LogP contribution in [0.2, 0.25) is 10.6 Å². The van der Waals surface area contributed by atoms with E-state index in [2.05, 4.69) is 43.0 Å². The molecule has 0 atom stereocenters. The molecule has 0 radical (unpaired) electrons. The van der Waals surface area contributed by atoms with Crippen molar-refractivity contribution >= 4 is 29.9 Å². The van der Waals surface area contributed by atoms with Crippen LogP contribution in [0, 0.1) is 11.8 Å². The van der Waals surface area contributed by atoms with Crippen LogP contribution >= 0.6 is 0 Å². The Hall–Kier alpha value is -0.441. The van der Waals surface area contributed by atoms with E-state index in [1.54, 1.807) is 3.37 Å². The van der Waals surface area contributed by atoms with Crippen molar-refractivity contribution in [2.45, 2.75) is 36.8 Å². The number of hydrogen-bond donors (Lipinski definition) is 0. The van der Waals surface area contributed by atoms with E-state index in [4.69, 9.17) is 0 Å². The molecular weight excluding hydrogens is 350 g/mol. The quantitative estimate of drug-likeness (QED) is 0.432. The molecule has 1 aromatic rings. The van der Waals surface area contributed by atoms with E-state index < -0.39 is 0 Å². The summed E-state index contributed by atoms with van der Waals surface area (Å²) in [6.45, 7) is 2.28. The Balaban J connectivity index is 2.02. The molecule has 18 heavy (non-hydrogen) atoms. The molecular formula is C16H18Se2. The molecule has 0 N–H and O–H groups in total. The zero-order valence-electron chi connectivity index (χ0n) is 10.7. The summed E-state index contributed by atoms with van der Waals surface area (Å²) >= 11 is 1.49. The van der Waals surface area contributed by atoms with E-state index in [0.29, 0.717) is 0 Å². The van der Waals surface area contributed by atoms with Gasteiger partial charge in [-0.3, -0.25) is 0 Å². The topological polar surface area (TPSA) is 0 Å². The molecule has 94 valence electrons. The zero-order chi connectivity index (χ0) is 12.6. The fourth-order valence-electron chi connectivity index (χ4n) is 1.66. The van der Waals surface area contributed by atoms with Gasteiger partial charge in [-0.15, -0.1) is 0 Å². The Bertz CT molecular complexity index is 463. The SMILES string of the molecule is CCCC[Se]C1=C(C#Cc2ccccc2)CC[Se]1. The van der Waals surface area contributed by atoms with E-state index in [0.717, 1.165) is 35.5 Å². The van der Waals surface area contributed by atoms with Gasteiger partial charge in [-0.2, -0.15) is 0 Å². The number of benzene rings is 1. The molecule has 0 saturated heterocycles. The van der Waals surface area contributed by atoms with Crippen LogP contribution in [-0.2, 0) is 0 Å². The Kier molecular flexibility index (Phi) is 6.12. The van der Waals surface area contributed by atoms with Gasteiger partial charge in [0.2, 0.25) is 0 Å². The van der Waals surface area contributed by atoms with Crippen LogP contribution < -0.4 is 0 Å². The van der Waals surface area contributed by atoms with Gasteiger partial charge in [0.15, 0.2) is 0 Å². The van der Waals surface area contributed by atoms with Gasteiger partial charge in [-0.05, 0) is 0 Å². The van der Waals surface area contributed by atoms with Crippen LogP contribution in [-0.4, -0.2) is 29.9 Å². The second kappa shape index (κ2) is 7.88. The summed E-state index contributed by atoms with van der Waals surface area (Å²) in [4.78, 5) is 0. The molecule has 0 aromatic heterocycles. The second-order valence-electron chi connectivity index (χ2n) is 4.18. The molecule has 0 fully saturated rings. The summed E-state index contributed by atoms with van der Waals surface area (Å²) < 4.78 is 1.76. The predicted octanol–water partition coefficient (Wildman–Crippen LogP) is 3.70. The fraction of sp³-hybridized carbons (Fsp3) is 0.375. The Morgan fingerprint density at radius 3 is 2.83 bits per heavy atom. The normalized spacial score (nSPS) is 14.5. The van der Waals surface area contributed by atoms with Crippen molar-refractivity contribution in [3.63, 3.8) is 0 Å². The Morgan fingerprint density at radius 2 is 2.06 bits per heavy atom. The first-order valence-corrected chi connectivity index (χ1v) is 10.6. The van der Waals surface area contributed by atoms with Gasteiger partial charge in [0.05, 0.1) is 0 Å². The molecule has 1 aromatic carbocycles. The van der Waals surface area contributed by atoms with Gasteiger partial charge in [-0.1, -0.05) is 0 Å². The molecule has 2 heteroatoms. The molecule has 1 aliphatic rings. The first-order valence-electron chi connectivity index (χ1n) is 6.46. The van der Waals surface area contributed by atoms with Crippen LogP contribution in [0.4, 0.5) is 0 Å². The third kappa shape index (κ3) is 4.34.